The van der Waals surface area contributed by atoms with Gasteiger partial charge in [0.25, 0.3) is 0 Å². The first-order valence-electron chi connectivity index (χ1n) is 5.09. The van der Waals surface area contributed by atoms with Crippen molar-refractivity contribution in [2.75, 3.05) is 0 Å². The summed E-state index contributed by atoms with van der Waals surface area (Å²) in [5.74, 6) is -0.955. The number of hydrogen-bond donors (Lipinski definition) is 0. The van der Waals surface area contributed by atoms with E-state index in [-0.39, 0.29) is 4.83 Å². The first-order chi connectivity index (χ1) is 7.01. The number of benzene rings is 1. The highest BCUT2D eigenvalue weighted by molar-refractivity contribution is 9.09. The van der Waals surface area contributed by atoms with Gasteiger partial charge in [-0.15, -0.1) is 0 Å². The molecule has 2 rings (SSSR count). The van der Waals surface area contributed by atoms with Crippen molar-refractivity contribution in [3.8, 4) is 0 Å². The molecular formula is C12H13BrF2. The molecule has 1 atom stereocenters. The van der Waals surface area contributed by atoms with Crippen molar-refractivity contribution < 1.29 is 8.78 Å². The van der Waals surface area contributed by atoms with E-state index < -0.39 is 11.6 Å². The molecular weight excluding hydrogens is 262 g/mol. The summed E-state index contributed by atoms with van der Waals surface area (Å²) >= 11 is 3.59. The average Bonchev–Trinajstić information content (AvgIpc) is 2.90. The van der Waals surface area contributed by atoms with E-state index in [0.717, 1.165) is 6.07 Å². The molecule has 1 aromatic rings. The Morgan fingerprint density at radius 1 is 1.40 bits per heavy atom. The molecule has 0 saturated heterocycles. The summed E-state index contributed by atoms with van der Waals surface area (Å²) in [5.41, 5.74) is 0.896. The summed E-state index contributed by atoms with van der Waals surface area (Å²) < 4.78 is 26.0. The summed E-state index contributed by atoms with van der Waals surface area (Å²) in [7, 11) is 0. The molecule has 0 amide bonds. The Morgan fingerprint density at radius 3 is 2.60 bits per heavy atom. The zero-order chi connectivity index (χ0) is 11.1. The van der Waals surface area contributed by atoms with Crippen LogP contribution in [-0.4, -0.2) is 4.83 Å². The fourth-order valence-electron chi connectivity index (χ4n) is 1.64. The van der Waals surface area contributed by atoms with E-state index in [9.17, 15) is 8.78 Å². The molecule has 1 unspecified atom stereocenters. The molecule has 3 heteroatoms. The minimum Gasteiger partial charge on any atom is -0.207 e. The van der Waals surface area contributed by atoms with Gasteiger partial charge in [-0.25, -0.2) is 8.78 Å². The van der Waals surface area contributed by atoms with Crippen LogP contribution >= 0.6 is 15.9 Å². The molecule has 82 valence electrons. The van der Waals surface area contributed by atoms with Crippen LogP contribution in [0.2, 0.25) is 0 Å². The molecule has 0 spiro atoms. The quantitative estimate of drug-likeness (QED) is 0.729. The van der Waals surface area contributed by atoms with Crippen LogP contribution in [0.1, 0.15) is 25.3 Å². The van der Waals surface area contributed by atoms with Gasteiger partial charge >= 0.3 is 0 Å². The van der Waals surface area contributed by atoms with Crippen molar-refractivity contribution in [3.63, 3.8) is 0 Å². The Labute approximate surface area is 96.8 Å². The molecule has 0 bridgehead atoms. The Bertz CT molecular complexity index is 372. The van der Waals surface area contributed by atoms with Crippen LogP contribution in [0.25, 0.3) is 0 Å². The average molecular weight is 275 g/mol. The first-order valence-corrected chi connectivity index (χ1v) is 6.01. The summed E-state index contributed by atoms with van der Waals surface area (Å²) in [5, 5.41) is 0. The monoisotopic (exact) mass is 274 g/mol. The summed E-state index contributed by atoms with van der Waals surface area (Å²) in [6.07, 6.45) is 3.00. The number of hydrogen-bond acceptors (Lipinski definition) is 0. The molecule has 0 aromatic heterocycles. The minimum absolute atomic E-state index is 0.282. The van der Waals surface area contributed by atoms with Gasteiger partial charge in [0, 0.05) is 10.9 Å². The van der Waals surface area contributed by atoms with Gasteiger partial charge in [-0.3, -0.25) is 0 Å². The Kier molecular flexibility index (Phi) is 2.84. The standard InChI is InChI=1S/C12H13BrF2/c1-12(4-5-12)11(13)6-8-2-3-9(14)7-10(8)15/h2-3,7,11H,4-6H2,1H3. The van der Waals surface area contributed by atoms with Gasteiger partial charge < -0.3 is 0 Å². The highest BCUT2D eigenvalue weighted by atomic mass is 79.9. The number of halogens is 3. The van der Waals surface area contributed by atoms with Crippen molar-refractivity contribution in [3.05, 3.63) is 35.4 Å². The van der Waals surface area contributed by atoms with Gasteiger partial charge in [-0.1, -0.05) is 28.9 Å². The Balaban J connectivity index is 2.10. The maximum Gasteiger partial charge on any atom is 0.129 e. The largest absolute Gasteiger partial charge is 0.207 e. The van der Waals surface area contributed by atoms with Gasteiger partial charge in [-0.05, 0) is 36.3 Å². The molecule has 0 nitrogen and oxygen atoms in total. The lowest BCUT2D eigenvalue weighted by atomic mass is 9.98. The van der Waals surface area contributed by atoms with E-state index in [1.807, 2.05) is 0 Å². The molecule has 15 heavy (non-hydrogen) atoms. The highest BCUT2D eigenvalue weighted by Gasteiger charge is 2.43. The lowest BCUT2D eigenvalue weighted by molar-refractivity contribution is 0.523. The Morgan fingerprint density at radius 2 is 2.07 bits per heavy atom. The Hall–Kier alpha value is -0.440. The van der Waals surface area contributed by atoms with Gasteiger partial charge in [0.1, 0.15) is 11.6 Å². The second-order valence-electron chi connectivity index (χ2n) is 4.56. The minimum atomic E-state index is -0.514. The maximum atomic E-state index is 13.4. The molecule has 1 aliphatic rings. The predicted molar refractivity (Wildman–Crippen MR) is 60.1 cm³/mol. The molecule has 0 heterocycles. The van der Waals surface area contributed by atoms with Crippen LogP contribution in [-0.2, 0) is 6.42 Å². The lowest BCUT2D eigenvalue weighted by Crippen LogP contribution is -2.15. The van der Waals surface area contributed by atoms with E-state index in [0.29, 0.717) is 17.4 Å². The van der Waals surface area contributed by atoms with E-state index in [1.165, 1.54) is 25.0 Å². The van der Waals surface area contributed by atoms with Gasteiger partial charge in [0.05, 0.1) is 0 Å². The van der Waals surface area contributed by atoms with Crippen molar-refractivity contribution >= 4 is 15.9 Å². The van der Waals surface area contributed by atoms with Gasteiger partial charge in [0.2, 0.25) is 0 Å². The van der Waals surface area contributed by atoms with Gasteiger partial charge in [0.15, 0.2) is 0 Å². The molecule has 0 aliphatic heterocycles. The van der Waals surface area contributed by atoms with Crippen LogP contribution in [0.5, 0.6) is 0 Å². The van der Waals surface area contributed by atoms with Crippen LogP contribution in [0.15, 0.2) is 18.2 Å². The summed E-state index contributed by atoms with van der Waals surface area (Å²) in [6, 6.07) is 3.79. The highest BCUT2D eigenvalue weighted by Crippen LogP contribution is 2.51. The number of alkyl halides is 1. The van der Waals surface area contributed by atoms with E-state index >= 15 is 0 Å². The molecule has 1 fully saturated rings. The molecule has 1 saturated carbocycles. The smallest absolute Gasteiger partial charge is 0.129 e. The fourth-order valence-corrected chi connectivity index (χ4v) is 2.44. The topological polar surface area (TPSA) is 0 Å². The molecule has 1 aromatic carbocycles. The zero-order valence-corrected chi connectivity index (χ0v) is 10.2. The number of rotatable bonds is 3. The third-order valence-electron chi connectivity index (χ3n) is 3.21. The van der Waals surface area contributed by atoms with Crippen LogP contribution in [0, 0.1) is 17.0 Å². The normalized spacial score (nSPS) is 20.0. The zero-order valence-electron chi connectivity index (χ0n) is 8.56. The molecule has 1 aliphatic carbocycles. The second-order valence-corrected chi connectivity index (χ2v) is 5.67. The summed E-state index contributed by atoms with van der Waals surface area (Å²) in [6.45, 7) is 2.19. The SMILES string of the molecule is CC1(C(Br)Cc2ccc(F)cc2F)CC1. The van der Waals surface area contributed by atoms with Crippen molar-refractivity contribution in [2.24, 2.45) is 5.41 Å². The molecule has 0 radical (unpaired) electrons. The van der Waals surface area contributed by atoms with Crippen LogP contribution < -0.4 is 0 Å². The van der Waals surface area contributed by atoms with Crippen LogP contribution in [0.4, 0.5) is 8.78 Å². The molecule has 0 N–H and O–H groups in total. The predicted octanol–water partition coefficient (Wildman–Crippen LogP) is 4.07. The lowest BCUT2D eigenvalue weighted by Gasteiger charge is -2.17. The first kappa shape index (κ1) is 11.1. The van der Waals surface area contributed by atoms with Gasteiger partial charge in [-0.2, -0.15) is 0 Å². The van der Waals surface area contributed by atoms with Crippen molar-refractivity contribution in [1.29, 1.82) is 0 Å². The van der Waals surface area contributed by atoms with Crippen LogP contribution in [0.3, 0.4) is 0 Å². The third kappa shape index (κ3) is 2.39. The van der Waals surface area contributed by atoms with Crippen molar-refractivity contribution in [2.45, 2.75) is 31.0 Å². The fraction of sp³-hybridized carbons (Fsp3) is 0.500. The van der Waals surface area contributed by atoms with Crippen molar-refractivity contribution in [1.82, 2.24) is 0 Å². The maximum absolute atomic E-state index is 13.4. The van der Waals surface area contributed by atoms with E-state index in [1.54, 1.807) is 0 Å². The summed E-state index contributed by atoms with van der Waals surface area (Å²) in [4.78, 5) is 0.282. The third-order valence-corrected chi connectivity index (χ3v) is 4.64. The van der Waals surface area contributed by atoms with E-state index in [4.69, 9.17) is 0 Å². The second kappa shape index (κ2) is 3.85. The van der Waals surface area contributed by atoms with E-state index in [2.05, 4.69) is 22.9 Å².